The Kier molecular flexibility index (Phi) is 6.19. The summed E-state index contributed by atoms with van der Waals surface area (Å²) in [6, 6.07) is 13.5. The fourth-order valence-corrected chi connectivity index (χ4v) is 5.32. The molecule has 0 aliphatic rings. The van der Waals surface area contributed by atoms with Gasteiger partial charge in [-0.3, -0.25) is 19.8 Å². The molecule has 0 spiro atoms. The van der Waals surface area contributed by atoms with E-state index in [0.29, 0.717) is 15.7 Å². The Hall–Kier alpha value is -2.34. The SMILES string of the molecule is CC(C(=O)Nc1nnc(SCc2ccccc2)s1)n1c(-c2cccs2)n[nH]c1=S. The van der Waals surface area contributed by atoms with Crippen molar-refractivity contribution in [3.8, 4) is 10.7 Å². The van der Waals surface area contributed by atoms with Gasteiger partial charge in [-0.25, -0.2) is 0 Å². The Labute approximate surface area is 184 Å². The second kappa shape index (κ2) is 8.99. The third kappa shape index (κ3) is 4.64. The Balaban J connectivity index is 1.43. The van der Waals surface area contributed by atoms with Crippen molar-refractivity contribution in [3.63, 3.8) is 0 Å². The number of thioether (sulfide) groups is 1. The lowest BCUT2D eigenvalue weighted by Gasteiger charge is -2.13. The number of benzene rings is 1. The van der Waals surface area contributed by atoms with Crippen LogP contribution in [0.25, 0.3) is 10.7 Å². The molecule has 0 aliphatic carbocycles. The van der Waals surface area contributed by atoms with Gasteiger partial charge in [-0.15, -0.1) is 21.5 Å². The molecule has 3 heterocycles. The molecule has 1 atom stereocenters. The third-order valence-electron chi connectivity index (χ3n) is 4.05. The normalized spacial score (nSPS) is 12.0. The minimum Gasteiger partial charge on any atom is -0.299 e. The van der Waals surface area contributed by atoms with Crippen molar-refractivity contribution in [1.82, 2.24) is 25.0 Å². The van der Waals surface area contributed by atoms with E-state index >= 15 is 0 Å². The van der Waals surface area contributed by atoms with Crippen LogP contribution in [0.2, 0.25) is 0 Å². The van der Waals surface area contributed by atoms with Crippen molar-refractivity contribution in [3.05, 3.63) is 58.2 Å². The molecule has 1 amide bonds. The summed E-state index contributed by atoms with van der Waals surface area (Å²) in [6.07, 6.45) is 0. The standard InChI is InChI=1S/C18H16N6OS4/c1-11(24-14(20-22-17(24)26)13-8-5-9-27-13)15(25)19-16-21-23-18(29-16)28-10-12-6-3-2-4-7-12/h2-9,11H,10H2,1H3,(H,22,26)(H,19,21,25). The Morgan fingerprint density at radius 1 is 1.28 bits per heavy atom. The van der Waals surface area contributed by atoms with E-state index in [1.54, 1.807) is 23.3 Å². The topological polar surface area (TPSA) is 88.5 Å². The highest BCUT2D eigenvalue weighted by Gasteiger charge is 2.22. The first-order chi connectivity index (χ1) is 14.1. The van der Waals surface area contributed by atoms with Gasteiger partial charge in [0, 0.05) is 5.75 Å². The summed E-state index contributed by atoms with van der Waals surface area (Å²) in [5.41, 5.74) is 1.21. The van der Waals surface area contributed by atoms with Crippen molar-refractivity contribution in [1.29, 1.82) is 0 Å². The summed E-state index contributed by atoms with van der Waals surface area (Å²) in [4.78, 5) is 13.7. The number of hydrogen-bond acceptors (Lipinski definition) is 8. The summed E-state index contributed by atoms with van der Waals surface area (Å²) in [6.45, 7) is 1.78. The van der Waals surface area contributed by atoms with Crippen LogP contribution in [0.3, 0.4) is 0 Å². The van der Waals surface area contributed by atoms with Crippen molar-refractivity contribution in [2.24, 2.45) is 0 Å². The van der Waals surface area contributed by atoms with E-state index in [2.05, 4.69) is 37.8 Å². The van der Waals surface area contributed by atoms with Crippen LogP contribution < -0.4 is 5.32 Å². The summed E-state index contributed by atoms with van der Waals surface area (Å²) in [7, 11) is 0. The molecule has 0 saturated carbocycles. The first kappa shape index (κ1) is 20.0. The number of H-pyrrole nitrogens is 1. The van der Waals surface area contributed by atoms with Gasteiger partial charge in [0.15, 0.2) is 14.9 Å². The Morgan fingerprint density at radius 3 is 2.86 bits per heavy atom. The monoisotopic (exact) mass is 460 g/mol. The predicted octanol–water partition coefficient (Wildman–Crippen LogP) is 5.01. The quantitative estimate of drug-likeness (QED) is 0.229. The van der Waals surface area contributed by atoms with Crippen LogP contribution in [0.15, 0.2) is 52.2 Å². The number of aromatic amines is 1. The molecular formula is C18H16N6OS4. The number of aromatic nitrogens is 5. The molecule has 0 radical (unpaired) electrons. The number of rotatable bonds is 7. The van der Waals surface area contributed by atoms with Crippen LogP contribution in [-0.2, 0) is 10.5 Å². The molecule has 2 N–H and O–H groups in total. The fraction of sp³-hybridized carbons (Fsp3) is 0.167. The van der Waals surface area contributed by atoms with Gasteiger partial charge < -0.3 is 0 Å². The molecule has 0 bridgehead atoms. The smallest absolute Gasteiger partial charge is 0.249 e. The van der Waals surface area contributed by atoms with E-state index in [1.165, 1.54) is 28.2 Å². The molecule has 1 aromatic carbocycles. The van der Waals surface area contributed by atoms with Gasteiger partial charge in [0.05, 0.1) is 4.88 Å². The molecule has 0 saturated heterocycles. The zero-order valence-corrected chi connectivity index (χ0v) is 18.5. The lowest BCUT2D eigenvalue weighted by Crippen LogP contribution is -2.24. The lowest BCUT2D eigenvalue weighted by atomic mass is 10.2. The van der Waals surface area contributed by atoms with Crippen molar-refractivity contribution >= 4 is 57.7 Å². The van der Waals surface area contributed by atoms with E-state index in [4.69, 9.17) is 12.2 Å². The molecule has 0 fully saturated rings. The Morgan fingerprint density at radius 2 is 2.10 bits per heavy atom. The Bertz CT molecular complexity index is 1150. The van der Waals surface area contributed by atoms with E-state index in [0.717, 1.165) is 15.0 Å². The molecular weight excluding hydrogens is 445 g/mol. The van der Waals surface area contributed by atoms with Crippen molar-refractivity contribution < 1.29 is 4.79 Å². The van der Waals surface area contributed by atoms with E-state index in [1.807, 2.05) is 35.7 Å². The number of hydrogen-bond donors (Lipinski definition) is 2. The van der Waals surface area contributed by atoms with Gasteiger partial charge in [0.1, 0.15) is 6.04 Å². The lowest BCUT2D eigenvalue weighted by molar-refractivity contribution is -0.118. The highest BCUT2D eigenvalue weighted by atomic mass is 32.2. The van der Waals surface area contributed by atoms with Crippen LogP contribution in [-0.4, -0.2) is 30.9 Å². The van der Waals surface area contributed by atoms with Crippen LogP contribution in [0.1, 0.15) is 18.5 Å². The van der Waals surface area contributed by atoms with E-state index in [-0.39, 0.29) is 5.91 Å². The number of carbonyl (C=O) groups excluding carboxylic acids is 1. The van der Waals surface area contributed by atoms with Crippen LogP contribution in [0.5, 0.6) is 0 Å². The number of anilines is 1. The summed E-state index contributed by atoms with van der Waals surface area (Å²) in [5, 5.41) is 20.5. The number of carbonyl (C=O) groups is 1. The average Bonchev–Trinajstić information content (AvgIpc) is 3.48. The predicted molar refractivity (Wildman–Crippen MR) is 120 cm³/mol. The third-order valence-corrected chi connectivity index (χ3v) is 7.25. The zero-order valence-electron chi connectivity index (χ0n) is 15.2. The second-order valence-electron chi connectivity index (χ2n) is 6.01. The second-order valence-corrected chi connectivity index (χ2v) is 9.55. The first-order valence-corrected chi connectivity index (χ1v) is 11.7. The fourth-order valence-electron chi connectivity index (χ4n) is 2.61. The highest BCUT2D eigenvalue weighted by Crippen LogP contribution is 2.29. The van der Waals surface area contributed by atoms with Gasteiger partial charge in [0.2, 0.25) is 11.0 Å². The van der Waals surface area contributed by atoms with Crippen molar-refractivity contribution in [2.75, 3.05) is 5.32 Å². The molecule has 0 aliphatic heterocycles. The summed E-state index contributed by atoms with van der Waals surface area (Å²) >= 11 is 9.81. The van der Waals surface area contributed by atoms with Gasteiger partial charge in [-0.05, 0) is 36.2 Å². The first-order valence-electron chi connectivity index (χ1n) is 8.63. The van der Waals surface area contributed by atoms with Crippen LogP contribution >= 0.6 is 46.7 Å². The van der Waals surface area contributed by atoms with Gasteiger partial charge in [-0.1, -0.05) is 59.5 Å². The average molecular weight is 461 g/mol. The number of nitrogens with zero attached hydrogens (tertiary/aromatic N) is 4. The molecule has 1 unspecified atom stereocenters. The molecule has 7 nitrogen and oxygen atoms in total. The van der Waals surface area contributed by atoms with Gasteiger partial charge >= 0.3 is 0 Å². The molecule has 148 valence electrons. The minimum atomic E-state index is -0.553. The maximum atomic E-state index is 12.8. The van der Waals surface area contributed by atoms with E-state index < -0.39 is 6.04 Å². The summed E-state index contributed by atoms with van der Waals surface area (Å²) < 4.78 is 2.91. The van der Waals surface area contributed by atoms with E-state index in [9.17, 15) is 4.79 Å². The van der Waals surface area contributed by atoms with Crippen LogP contribution in [0, 0.1) is 4.77 Å². The minimum absolute atomic E-state index is 0.226. The maximum absolute atomic E-state index is 12.8. The maximum Gasteiger partial charge on any atom is 0.249 e. The zero-order chi connectivity index (χ0) is 20.2. The van der Waals surface area contributed by atoms with Crippen molar-refractivity contribution in [2.45, 2.75) is 23.1 Å². The number of thiophene rings is 1. The molecule has 3 aromatic heterocycles. The largest absolute Gasteiger partial charge is 0.299 e. The van der Waals surface area contributed by atoms with Gasteiger partial charge in [-0.2, -0.15) is 5.10 Å². The molecule has 29 heavy (non-hydrogen) atoms. The highest BCUT2D eigenvalue weighted by molar-refractivity contribution is 8.00. The number of amides is 1. The summed E-state index contributed by atoms with van der Waals surface area (Å²) in [5.74, 6) is 1.22. The van der Waals surface area contributed by atoms with Gasteiger partial charge in [0.25, 0.3) is 0 Å². The molecule has 4 rings (SSSR count). The molecule has 4 aromatic rings. The molecule has 11 heteroatoms. The number of nitrogens with one attached hydrogen (secondary N) is 2. The van der Waals surface area contributed by atoms with Crippen LogP contribution in [0.4, 0.5) is 5.13 Å².